The van der Waals surface area contributed by atoms with Gasteiger partial charge in [0.2, 0.25) is 0 Å². The van der Waals surface area contributed by atoms with Crippen molar-refractivity contribution in [2.75, 3.05) is 0 Å². The maximum atomic E-state index is 12.7. The molecule has 0 aliphatic carbocycles. The van der Waals surface area contributed by atoms with E-state index in [9.17, 15) is 9.18 Å². The second-order valence-corrected chi connectivity index (χ2v) is 4.25. The second kappa shape index (κ2) is 5.38. The molecule has 0 saturated carbocycles. The van der Waals surface area contributed by atoms with Gasteiger partial charge in [0.25, 0.3) is 0 Å². The molecular weight excluding hydrogens is 278 g/mol. The van der Waals surface area contributed by atoms with Gasteiger partial charge in [0, 0.05) is 0 Å². The molecule has 0 aliphatic heterocycles. The third-order valence-corrected chi connectivity index (χ3v) is 2.82. The van der Waals surface area contributed by atoms with Gasteiger partial charge in [0.15, 0.2) is 0 Å². The Morgan fingerprint density at radius 3 is 2.11 bits per heavy atom. The number of hydrogen-bond acceptors (Lipinski definition) is 2. The summed E-state index contributed by atoms with van der Waals surface area (Å²) in [6.45, 7) is 0. The van der Waals surface area contributed by atoms with Crippen LogP contribution in [0.5, 0.6) is 5.75 Å². The van der Waals surface area contributed by atoms with E-state index >= 15 is 0 Å². The fourth-order valence-electron chi connectivity index (χ4n) is 1.35. The van der Waals surface area contributed by atoms with E-state index in [-0.39, 0.29) is 21.4 Å². The molecule has 5 heteroatoms. The highest BCUT2D eigenvalue weighted by Gasteiger charge is 2.16. The Bertz CT molecular complexity index is 562. The van der Waals surface area contributed by atoms with Crippen LogP contribution in [0.25, 0.3) is 0 Å². The largest absolute Gasteiger partial charge is 0.423 e. The van der Waals surface area contributed by atoms with Gasteiger partial charge in [-0.15, -0.1) is 0 Å². The van der Waals surface area contributed by atoms with Crippen molar-refractivity contribution in [3.05, 3.63) is 63.9 Å². The number of ether oxygens (including phenoxy) is 1. The van der Waals surface area contributed by atoms with Crippen molar-refractivity contribution < 1.29 is 13.9 Å². The van der Waals surface area contributed by atoms with E-state index in [1.54, 1.807) is 6.07 Å². The maximum absolute atomic E-state index is 12.7. The molecule has 0 radical (unpaired) electrons. The number of halogens is 3. The van der Waals surface area contributed by atoms with Crippen LogP contribution in [0.3, 0.4) is 0 Å². The van der Waals surface area contributed by atoms with E-state index in [0.29, 0.717) is 0 Å². The molecule has 0 aromatic heterocycles. The molecule has 2 nitrogen and oxygen atoms in total. The Labute approximate surface area is 113 Å². The predicted molar refractivity (Wildman–Crippen MR) is 67.8 cm³/mol. The molecular formula is C13H7Cl2FO2. The Balaban J connectivity index is 2.25. The van der Waals surface area contributed by atoms with Crippen molar-refractivity contribution in [1.29, 1.82) is 0 Å². The molecule has 92 valence electrons. The Morgan fingerprint density at radius 2 is 1.56 bits per heavy atom. The SMILES string of the molecule is O=C(Oc1ccc(F)cc1)c1c(Cl)cccc1Cl. The molecule has 2 aromatic rings. The van der Waals surface area contributed by atoms with Crippen LogP contribution < -0.4 is 4.74 Å². The lowest BCUT2D eigenvalue weighted by Crippen LogP contribution is -2.09. The zero-order valence-corrected chi connectivity index (χ0v) is 10.5. The van der Waals surface area contributed by atoms with Crippen LogP contribution in [0.2, 0.25) is 10.0 Å². The summed E-state index contributed by atoms with van der Waals surface area (Å²) < 4.78 is 17.7. The van der Waals surface area contributed by atoms with Crippen LogP contribution in [-0.4, -0.2) is 5.97 Å². The van der Waals surface area contributed by atoms with Gasteiger partial charge in [0.05, 0.1) is 15.6 Å². The van der Waals surface area contributed by atoms with Crippen LogP contribution in [0.15, 0.2) is 42.5 Å². The van der Waals surface area contributed by atoms with E-state index < -0.39 is 11.8 Å². The molecule has 0 saturated heterocycles. The highest BCUT2D eigenvalue weighted by molar-refractivity contribution is 6.39. The summed E-state index contributed by atoms with van der Waals surface area (Å²) in [6, 6.07) is 9.77. The summed E-state index contributed by atoms with van der Waals surface area (Å²) in [5.41, 5.74) is 0.0881. The number of carbonyl (C=O) groups is 1. The van der Waals surface area contributed by atoms with E-state index in [2.05, 4.69) is 0 Å². The number of esters is 1. The molecule has 2 aromatic carbocycles. The van der Waals surface area contributed by atoms with E-state index in [1.807, 2.05) is 0 Å². The molecule has 0 spiro atoms. The molecule has 0 aliphatic rings. The molecule has 0 heterocycles. The number of hydrogen-bond donors (Lipinski definition) is 0. The first-order valence-electron chi connectivity index (χ1n) is 4.99. The third kappa shape index (κ3) is 2.81. The fraction of sp³-hybridized carbons (Fsp3) is 0. The Kier molecular flexibility index (Phi) is 3.84. The van der Waals surface area contributed by atoms with Crippen LogP contribution in [0.4, 0.5) is 4.39 Å². The van der Waals surface area contributed by atoms with Crippen molar-refractivity contribution in [3.63, 3.8) is 0 Å². The van der Waals surface area contributed by atoms with E-state index in [4.69, 9.17) is 27.9 Å². The van der Waals surface area contributed by atoms with Gasteiger partial charge < -0.3 is 4.74 Å². The van der Waals surface area contributed by atoms with Crippen molar-refractivity contribution in [1.82, 2.24) is 0 Å². The van der Waals surface area contributed by atoms with Crippen molar-refractivity contribution in [2.24, 2.45) is 0 Å². The van der Waals surface area contributed by atoms with Crippen molar-refractivity contribution in [3.8, 4) is 5.75 Å². The summed E-state index contributed by atoms with van der Waals surface area (Å²) in [5, 5.41) is 0.407. The lowest BCUT2D eigenvalue weighted by atomic mass is 10.2. The molecule has 0 fully saturated rings. The summed E-state index contributed by atoms with van der Waals surface area (Å²) in [7, 11) is 0. The van der Waals surface area contributed by atoms with Gasteiger partial charge >= 0.3 is 5.97 Å². The third-order valence-electron chi connectivity index (χ3n) is 2.19. The number of benzene rings is 2. The Morgan fingerprint density at radius 1 is 1.00 bits per heavy atom. The highest BCUT2D eigenvalue weighted by Crippen LogP contribution is 2.25. The second-order valence-electron chi connectivity index (χ2n) is 3.44. The first-order chi connectivity index (χ1) is 8.58. The highest BCUT2D eigenvalue weighted by atomic mass is 35.5. The minimum atomic E-state index is -0.683. The Hall–Kier alpha value is -1.58. The lowest BCUT2D eigenvalue weighted by molar-refractivity contribution is 0.0735. The predicted octanol–water partition coefficient (Wildman–Crippen LogP) is 4.35. The van der Waals surface area contributed by atoms with Crippen LogP contribution >= 0.6 is 23.2 Å². The maximum Gasteiger partial charge on any atom is 0.346 e. The average Bonchev–Trinajstić information content (AvgIpc) is 2.32. The fourth-order valence-corrected chi connectivity index (χ4v) is 1.91. The average molecular weight is 285 g/mol. The van der Waals surface area contributed by atoms with Crippen LogP contribution in [0.1, 0.15) is 10.4 Å². The minimum Gasteiger partial charge on any atom is -0.423 e. The van der Waals surface area contributed by atoms with Gasteiger partial charge in [0.1, 0.15) is 11.6 Å². The quantitative estimate of drug-likeness (QED) is 0.605. The van der Waals surface area contributed by atoms with Crippen LogP contribution in [0, 0.1) is 5.82 Å². The van der Waals surface area contributed by atoms with Gasteiger partial charge in [-0.1, -0.05) is 29.3 Å². The minimum absolute atomic E-state index is 0.0881. The first-order valence-corrected chi connectivity index (χ1v) is 5.75. The zero-order valence-electron chi connectivity index (χ0n) is 8.99. The summed E-state index contributed by atoms with van der Waals surface area (Å²) in [5.74, 6) is -0.875. The van der Waals surface area contributed by atoms with E-state index in [0.717, 1.165) is 0 Å². The van der Waals surface area contributed by atoms with Gasteiger partial charge in [-0.2, -0.15) is 0 Å². The van der Waals surface area contributed by atoms with Gasteiger partial charge in [-0.05, 0) is 36.4 Å². The molecule has 0 bridgehead atoms. The summed E-state index contributed by atoms with van der Waals surface area (Å²) in [4.78, 5) is 11.9. The molecule has 0 unspecified atom stereocenters. The topological polar surface area (TPSA) is 26.3 Å². The zero-order chi connectivity index (χ0) is 13.1. The van der Waals surface area contributed by atoms with E-state index in [1.165, 1.54) is 36.4 Å². The van der Waals surface area contributed by atoms with Gasteiger partial charge in [-0.25, -0.2) is 9.18 Å². The lowest BCUT2D eigenvalue weighted by Gasteiger charge is -2.07. The molecule has 2 rings (SSSR count). The smallest absolute Gasteiger partial charge is 0.346 e. The van der Waals surface area contributed by atoms with Crippen molar-refractivity contribution in [2.45, 2.75) is 0 Å². The van der Waals surface area contributed by atoms with Crippen molar-refractivity contribution >= 4 is 29.2 Å². The molecule has 0 N–H and O–H groups in total. The number of rotatable bonds is 2. The molecule has 0 atom stereocenters. The molecule has 0 amide bonds. The standard InChI is InChI=1S/C13H7Cl2FO2/c14-10-2-1-3-11(15)12(10)13(17)18-9-6-4-8(16)5-7-9/h1-7H. The first kappa shape index (κ1) is 12.9. The normalized spacial score (nSPS) is 10.2. The summed E-state index contributed by atoms with van der Waals surface area (Å²) >= 11 is 11.7. The van der Waals surface area contributed by atoms with Crippen LogP contribution in [-0.2, 0) is 0 Å². The molecule has 18 heavy (non-hydrogen) atoms. The monoisotopic (exact) mass is 284 g/mol. The summed E-state index contributed by atoms with van der Waals surface area (Å²) in [6.07, 6.45) is 0. The van der Waals surface area contributed by atoms with Gasteiger partial charge in [-0.3, -0.25) is 0 Å². The number of carbonyl (C=O) groups excluding carboxylic acids is 1.